The maximum atomic E-state index is 12.5. The van der Waals surface area contributed by atoms with Crippen molar-refractivity contribution in [3.8, 4) is 0 Å². The molecule has 7 heteroatoms. The van der Waals surface area contributed by atoms with Crippen LogP contribution in [0, 0.1) is 0 Å². The average Bonchev–Trinajstić information content (AvgIpc) is 2.64. The summed E-state index contributed by atoms with van der Waals surface area (Å²) in [7, 11) is -3.50. The Morgan fingerprint density at radius 1 is 1.04 bits per heavy atom. The summed E-state index contributed by atoms with van der Waals surface area (Å²) in [5.74, 6) is -0.0188. The molecule has 150 valence electrons. The number of quaternary nitrogens is 1. The smallest absolute Gasteiger partial charge is 0.279 e. The lowest BCUT2D eigenvalue weighted by Gasteiger charge is -2.29. The second-order valence-corrected chi connectivity index (χ2v) is 9.72. The minimum Gasteiger partial charge on any atom is -0.325 e. The first-order chi connectivity index (χ1) is 12.9. The van der Waals surface area contributed by atoms with Crippen LogP contribution in [0.2, 0.25) is 0 Å². The van der Waals surface area contributed by atoms with Crippen molar-refractivity contribution in [2.24, 2.45) is 0 Å². The Morgan fingerprint density at radius 3 is 2.37 bits per heavy atom. The zero-order valence-corrected chi connectivity index (χ0v) is 17.0. The Morgan fingerprint density at radius 2 is 1.70 bits per heavy atom. The number of piperidine rings is 1. The molecule has 3 rings (SSSR count). The molecule has 27 heavy (non-hydrogen) atoms. The molecular formula is C20H32N3O3S+. The van der Waals surface area contributed by atoms with Crippen molar-refractivity contribution in [1.29, 1.82) is 0 Å². The number of hydrogen-bond donors (Lipinski definition) is 3. The van der Waals surface area contributed by atoms with E-state index in [0.717, 1.165) is 32.2 Å². The van der Waals surface area contributed by atoms with E-state index < -0.39 is 10.0 Å². The van der Waals surface area contributed by atoms with E-state index in [4.69, 9.17) is 0 Å². The van der Waals surface area contributed by atoms with Gasteiger partial charge in [0.15, 0.2) is 6.54 Å². The van der Waals surface area contributed by atoms with Gasteiger partial charge in [-0.3, -0.25) is 4.79 Å². The van der Waals surface area contributed by atoms with E-state index in [0.29, 0.717) is 18.3 Å². The maximum Gasteiger partial charge on any atom is 0.279 e. The molecule has 0 radical (unpaired) electrons. The highest BCUT2D eigenvalue weighted by Gasteiger charge is 2.25. The number of carbonyl (C=O) groups is 1. The van der Waals surface area contributed by atoms with Crippen molar-refractivity contribution >= 4 is 21.6 Å². The van der Waals surface area contributed by atoms with Crippen LogP contribution < -0.4 is 14.9 Å². The van der Waals surface area contributed by atoms with Crippen LogP contribution in [-0.2, 0) is 14.8 Å². The number of carbonyl (C=O) groups excluding carboxylic acids is 1. The van der Waals surface area contributed by atoms with Gasteiger partial charge in [-0.2, -0.15) is 0 Å². The number of rotatable bonds is 6. The number of hydrogen-bond acceptors (Lipinski definition) is 3. The van der Waals surface area contributed by atoms with Crippen LogP contribution in [0.5, 0.6) is 0 Å². The molecule has 0 aromatic heterocycles. The molecule has 1 saturated heterocycles. The summed E-state index contributed by atoms with van der Waals surface area (Å²) in [6.07, 6.45) is 8.75. The first kappa shape index (κ1) is 20.3. The third-order valence-corrected chi connectivity index (χ3v) is 7.38. The van der Waals surface area contributed by atoms with Gasteiger partial charge in [-0.25, -0.2) is 13.1 Å². The summed E-state index contributed by atoms with van der Waals surface area (Å²) >= 11 is 0. The van der Waals surface area contributed by atoms with Crippen molar-refractivity contribution in [2.45, 2.75) is 75.3 Å². The van der Waals surface area contributed by atoms with Gasteiger partial charge in [0.05, 0.1) is 17.5 Å². The van der Waals surface area contributed by atoms with Gasteiger partial charge in [0.2, 0.25) is 10.0 Å². The van der Waals surface area contributed by atoms with Crippen molar-refractivity contribution in [3.63, 3.8) is 0 Å². The van der Waals surface area contributed by atoms with Gasteiger partial charge in [0.1, 0.15) is 0 Å². The van der Waals surface area contributed by atoms with Crippen LogP contribution in [0.1, 0.15) is 58.3 Å². The van der Waals surface area contributed by atoms with E-state index in [2.05, 4.69) is 17.0 Å². The molecule has 1 aromatic carbocycles. The zero-order chi connectivity index (χ0) is 19.3. The fourth-order valence-electron chi connectivity index (χ4n) is 4.15. The molecule has 2 fully saturated rings. The molecule has 1 saturated carbocycles. The summed E-state index contributed by atoms with van der Waals surface area (Å²) in [5.41, 5.74) is 0.640. The minimum absolute atomic E-state index is 0.0188. The molecule has 0 bridgehead atoms. The van der Waals surface area contributed by atoms with Crippen LogP contribution >= 0.6 is 0 Å². The average molecular weight is 395 g/mol. The monoisotopic (exact) mass is 394 g/mol. The fourth-order valence-corrected chi connectivity index (χ4v) is 5.46. The van der Waals surface area contributed by atoms with Gasteiger partial charge in [0.25, 0.3) is 5.91 Å². The zero-order valence-electron chi connectivity index (χ0n) is 16.2. The lowest BCUT2D eigenvalue weighted by molar-refractivity contribution is -0.920. The Labute approximate surface area is 162 Å². The third kappa shape index (κ3) is 5.77. The van der Waals surface area contributed by atoms with Crippen LogP contribution in [0.15, 0.2) is 29.2 Å². The molecule has 1 aliphatic carbocycles. The largest absolute Gasteiger partial charge is 0.325 e. The van der Waals surface area contributed by atoms with Gasteiger partial charge in [-0.05, 0) is 63.3 Å². The predicted molar refractivity (Wildman–Crippen MR) is 106 cm³/mol. The summed E-state index contributed by atoms with van der Waals surface area (Å²) in [6.45, 7) is 3.70. The van der Waals surface area contributed by atoms with Crippen LogP contribution in [0.25, 0.3) is 0 Å². The molecule has 1 unspecified atom stereocenters. The molecular weight excluding hydrogens is 362 g/mol. The molecule has 2 atom stereocenters. The molecule has 1 amide bonds. The number of likely N-dealkylation sites (tertiary alicyclic amines) is 1. The van der Waals surface area contributed by atoms with Crippen LogP contribution in [0.3, 0.4) is 0 Å². The highest BCUT2D eigenvalue weighted by Crippen LogP contribution is 2.20. The van der Waals surface area contributed by atoms with E-state index in [-0.39, 0.29) is 16.8 Å². The summed E-state index contributed by atoms with van der Waals surface area (Å²) < 4.78 is 27.9. The van der Waals surface area contributed by atoms with E-state index in [1.807, 2.05) is 0 Å². The number of nitrogens with one attached hydrogen (secondary N) is 3. The first-order valence-corrected chi connectivity index (χ1v) is 11.7. The summed E-state index contributed by atoms with van der Waals surface area (Å²) in [6, 6.07) is 7.03. The lowest BCUT2D eigenvalue weighted by atomic mass is 9.96. The number of sulfonamides is 1. The standard InChI is InChI=1S/C20H31N3O3S/c1-16-7-5-6-14-23(16)15-20(24)21-17-10-12-19(13-11-17)27(25,26)22-18-8-3-2-4-9-18/h10-13,16,18,22H,2-9,14-15H2,1H3,(H,21,24)/p+1/t16-/m0/s1. The first-order valence-electron chi connectivity index (χ1n) is 10.2. The topological polar surface area (TPSA) is 79.7 Å². The predicted octanol–water partition coefficient (Wildman–Crippen LogP) is 1.69. The minimum atomic E-state index is -3.50. The molecule has 1 heterocycles. The highest BCUT2D eigenvalue weighted by atomic mass is 32.2. The van der Waals surface area contributed by atoms with Crippen molar-refractivity contribution in [1.82, 2.24) is 4.72 Å². The van der Waals surface area contributed by atoms with E-state index in [9.17, 15) is 13.2 Å². The van der Waals surface area contributed by atoms with Crippen molar-refractivity contribution < 1.29 is 18.1 Å². The quantitative estimate of drug-likeness (QED) is 0.687. The van der Waals surface area contributed by atoms with Crippen molar-refractivity contribution in [2.75, 3.05) is 18.4 Å². The van der Waals surface area contributed by atoms with Crippen LogP contribution in [0.4, 0.5) is 5.69 Å². The van der Waals surface area contributed by atoms with Gasteiger partial charge in [0, 0.05) is 11.7 Å². The molecule has 0 spiro atoms. The molecule has 2 aliphatic rings. The Balaban J connectivity index is 1.55. The maximum absolute atomic E-state index is 12.5. The van der Waals surface area contributed by atoms with Gasteiger partial charge in [-0.15, -0.1) is 0 Å². The lowest BCUT2D eigenvalue weighted by Crippen LogP contribution is -3.17. The fraction of sp³-hybridized carbons (Fsp3) is 0.650. The van der Waals surface area contributed by atoms with Crippen molar-refractivity contribution in [3.05, 3.63) is 24.3 Å². The highest BCUT2D eigenvalue weighted by molar-refractivity contribution is 7.89. The number of anilines is 1. The second-order valence-electron chi connectivity index (χ2n) is 8.01. The number of benzene rings is 1. The molecule has 3 N–H and O–H groups in total. The normalized spacial score (nSPS) is 24.5. The Kier molecular flexibility index (Phi) is 6.89. The Hall–Kier alpha value is -1.44. The van der Waals surface area contributed by atoms with E-state index >= 15 is 0 Å². The molecule has 6 nitrogen and oxygen atoms in total. The van der Waals surface area contributed by atoms with E-state index in [1.165, 1.54) is 30.6 Å². The van der Waals surface area contributed by atoms with Gasteiger partial charge >= 0.3 is 0 Å². The van der Waals surface area contributed by atoms with Gasteiger partial charge in [-0.1, -0.05) is 19.3 Å². The summed E-state index contributed by atoms with van der Waals surface area (Å²) in [5, 5.41) is 2.89. The SMILES string of the molecule is C[C@H]1CCCC[NH+]1CC(=O)Nc1ccc(S(=O)(=O)NC2CCCCC2)cc1. The van der Waals surface area contributed by atoms with Gasteiger partial charge < -0.3 is 10.2 Å². The molecule has 1 aromatic rings. The molecule has 1 aliphatic heterocycles. The Bertz CT molecular complexity index is 727. The summed E-state index contributed by atoms with van der Waals surface area (Å²) in [4.78, 5) is 13.9. The third-order valence-electron chi connectivity index (χ3n) is 5.84. The van der Waals surface area contributed by atoms with E-state index in [1.54, 1.807) is 24.3 Å². The van der Waals surface area contributed by atoms with Crippen LogP contribution in [-0.4, -0.2) is 39.5 Å². The number of amides is 1. The second kappa shape index (κ2) is 9.17.